The molecular formula is C16H17ClF4N2O2. The molecule has 0 aliphatic carbocycles. The fourth-order valence-electron chi connectivity index (χ4n) is 2.47. The molecule has 1 aliphatic heterocycles. The van der Waals surface area contributed by atoms with E-state index in [2.05, 4.69) is 10.2 Å². The lowest BCUT2D eigenvalue weighted by atomic mass is 10.0. The molecule has 1 aromatic carbocycles. The Labute approximate surface area is 147 Å². The van der Waals surface area contributed by atoms with Crippen LogP contribution in [0.15, 0.2) is 35.5 Å². The first-order chi connectivity index (χ1) is 11.8. The molecule has 2 rings (SSSR count). The van der Waals surface area contributed by atoms with Crippen molar-refractivity contribution in [1.82, 2.24) is 10.2 Å². The maximum absolute atomic E-state index is 13.1. The Morgan fingerprint density at radius 1 is 1.28 bits per heavy atom. The predicted molar refractivity (Wildman–Crippen MR) is 84.5 cm³/mol. The number of carbonyl (C=O) groups excluding carboxylic acids is 1. The van der Waals surface area contributed by atoms with Gasteiger partial charge in [0.1, 0.15) is 11.0 Å². The molecule has 1 aromatic rings. The van der Waals surface area contributed by atoms with Gasteiger partial charge in [-0.1, -0.05) is 23.7 Å². The normalized spacial score (nSPS) is 18.0. The first-order valence-electron chi connectivity index (χ1n) is 7.57. The van der Waals surface area contributed by atoms with Crippen LogP contribution >= 0.6 is 11.6 Å². The summed E-state index contributed by atoms with van der Waals surface area (Å²) in [5, 5.41) is 2.23. The molecule has 0 amide bonds. The molecule has 0 aromatic heterocycles. The Balaban J connectivity index is 2.09. The highest BCUT2D eigenvalue weighted by atomic mass is 35.5. The molecule has 1 N–H and O–H groups in total. The zero-order valence-electron chi connectivity index (χ0n) is 13.2. The van der Waals surface area contributed by atoms with Gasteiger partial charge in [0.15, 0.2) is 0 Å². The van der Waals surface area contributed by atoms with Crippen molar-refractivity contribution in [3.8, 4) is 0 Å². The second kappa shape index (κ2) is 8.64. The summed E-state index contributed by atoms with van der Waals surface area (Å²) in [6, 6.07) is 5.58. The molecule has 1 atom stereocenters. The van der Waals surface area contributed by atoms with Gasteiger partial charge < -0.3 is 10.1 Å². The van der Waals surface area contributed by atoms with Crippen LogP contribution in [-0.4, -0.2) is 49.7 Å². The monoisotopic (exact) mass is 380 g/mol. The Kier molecular flexibility index (Phi) is 6.80. The first-order valence-corrected chi connectivity index (χ1v) is 7.94. The number of ether oxygens (including phenoxy) is 1. The highest BCUT2D eigenvalue weighted by Crippen LogP contribution is 2.23. The molecule has 138 valence electrons. The third kappa shape index (κ3) is 5.98. The molecule has 1 fully saturated rings. The number of allylic oxidation sites excluding steroid dienone is 1. The van der Waals surface area contributed by atoms with Crippen LogP contribution in [0.5, 0.6) is 0 Å². The standard InChI is InChI=1S/C16H17ClF4N2O2/c17-15(9-14(24)16(19,20)21)22-10-13(23-5-7-25-8-6-23)11-1-3-12(18)4-2-11/h1-4,9,13,22H,5-8,10H2/b15-9+/t13-/m1/s1. The predicted octanol–water partition coefficient (Wildman–Crippen LogP) is 3.00. The molecule has 1 aliphatic rings. The Hall–Kier alpha value is -1.64. The second-order valence-electron chi connectivity index (χ2n) is 5.45. The van der Waals surface area contributed by atoms with Gasteiger partial charge in [-0.05, 0) is 17.7 Å². The van der Waals surface area contributed by atoms with Crippen molar-refractivity contribution in [2.45, 2.75) is 12.2 Å². The first kappa shape index (κ1) is 19.7. The lowest BCUT2D eigenvalue weighted by Crippen LogP contribution is -2.42. The Bertz CT molecular complexity index is 614. The lowest BCUT2D eigenvalue weighted by molar-refractivity contribution is -0.165. The van der Waals surface area contributed by atoms with E-state index in [1.54, 1.807) is 12.1 Å². The van der Waals surface area contributed by atoms with Gasteiger partial charge in [0.2, 0.25) is 0 Å². The summed E-state index contributed by atoms with van der Waals surface area (Å²) in [6.45, 7) is 2.44. The number of benzene rings is 1. The summed E-state index contributed by atoms with van der Waals surface area (Å²) in [5.41, 5.74) is 0.780. The van der Waals surface area contributed by atoms with Crippen LogP contribution in [0.1, 0.15) is 11.6 Å². The zero-order chi connectivity index (χ0) is 18.4. The average molecular weight is 381 g/mol. The number of rotatable bonds is 6. The van der Waals surface area contributed by atoms with E-state index in [1.807, 2.05) is 0 Å². The number of nitrogens with zero attached hydrogens (tertiary/aromatic N) is 1. The van der Waals surface area contributed by atoms with Crippen molar-refractivity contribution in [3.05, 3.63) is 46.9 Å². The van der Waals surface area contributed by atoms with Crippen LogP contribution in [0, 0.1) is 5.82 Å². The van der Waals surface area contributed by atoms with Crippen LogP contribution in [-0.2, 0) is 9.53 Å². The second-order valence-corrected chi connectivity index (χ2v) is 5.86. The fraction of sp³-hybridized carbons (Fsp3) is 0.438. The smallest absolute Gasteiger partial charge is 0.379 e. The number of morpholine rings is 1. The number of halogens is 5. The van der Waals surface area contributed by atoms with Crippen LogP contribution in [0.3, 0.4) is 0 Å². The Morgan fingerprint density at radius 3 is 2.44 bits per heavy atom. The maximum atomic E-state index is 13.1. The summed E-state index contributed by atoms with van der Waals surface area (Å²) < 4.78 is 55.2. The van der Waals surface area contributed by atoms with Crippen molar-refractivity contribution < 1.29 is 27.1 Å². The van der Waals surface area contributed by atoms with Crippen molar-refractivity contribution in [3.63, 3.8) is 0 Å². The minimum atomic E-state index is -4.97. The number of alkyl halides is 3. The molecule has 0 radical (unpaired) electrons. The molecule has 25 heavy (non-hydrogen) atoms. The van der Waals surface area contributed by atoms with Gasteiger partial charge >= 0.3 is 6.18 Å². The topological polar surface area (TPSA) is 41.6 Å². The Morgan fingerprint density at radius 2 is 1.88 bits per heavy atom. The number of hydrogen-bond acceptors (Lipinski definition) is 4. The van der Waals surface area contributed by atoms with E-state index < -0.39 is 17.1 Å². The van der Waals surface area contributed by atoms with Gasteiger partial charge in [-0.3, -0.25) is 9.69 Å². The highest BCUT2D eigenvalue weighted by Gasteiger charge is 2.36. The average Bonchev–Trinajstić information content (AvgIpc) is 2.56. The molecule has 1 saturated heterocycles. The summed E-state index contributed by atoms with van der Waals surface area (Å²) in [7, 11) is 0. The lowest BCUT2D eigenvalue weighted by Gasteiger charge is -2.35. The molecule has 0 unspecified atom stereocenters. The molecule has 4 nitrogen and oxygen atoms in total. The number of nitrogens with one attached hydrogen (secondary N) is 1. The minimum absolute atomic E-state index is 0.159. The van der Waals surface area contributed by atoms with E-state index in [0.29, 0.717) is 32.4 Å². The summed E-state index contributed by atoms with van der Waals surface area (Å²) in [6.07, 6.45) is -4.66. The van der Waals surface area contributed by atoms with Gasteiger partial charge in [-0.2, -0.15) is 13.2 Å². The molecule has 1 heterocycles. The largest absolute Gasteiger partial charge is 0.454 e. The molecule has 0 spiro atoms. The van der Waals surface area contributed by atoms with E-state index in [4.69, 9.17) is 16.3 Å². The van der Waals surface area contributed by atoms with Gasteiger partial charge in [0.25, 0.3) is 5.78 Å². The molecule has 0 saturated carbocycles. The molecule has 9 heteroatoms. The third-order valence-corrected chi connectivity index (χ3v) is 3.99. The van der Waals surface area contributed by atoms with E-state index >= 15 is 0 Å². The van der Waals surface area contributed by atoms with Crippen LogP contribution in [0.2, 0.25) is 0 Å². The number of carbonyl (C=O) groups is 1. The van der Waals surface area contributed by atoms with Crippen molar-refractivity contribution in [1.29, 1.82) is 0 Å². The molecule has 0 bridgehead atoms. The number of ketones is 1. The van der Waals surface area contributed by atoms with Crippen LogP contribution in [0.25, 0.3) is 0 Å². The SMILES string of the molecule is O=C(/C=C(\Cl)NC[C@H](c1ccc(F)cc1)N1CCOCC1)C(F)(F)F. The van der Waals surface area contributed by atoms with Crippen LogP contribution in [0.4, 0.5) is 17.6 Å². The summed E-state index contributed by atoms with van der Waals surface area (Å²) in [4.78, 5) is 13.0. The minimum Gasteiger partial charge on any atom is -0.379 e. The summed E-state index contributed by atoms with van der Waals surface area (Å²) >= 11 is 5.70. The zero-order valence-corrected chi connectivity index (χ0v) is 13.9. The van der Waals surface area contributed by atoms with Gasteiger partial charge in [0, 0.05) is 25.7 Å². The van der Waals surface area contributed by atoms with Crippen LogP contribution < -0.4 is 5.32 Å². The number of hydrogen-bond donors (Lipinski definition) is 1. The van der Waals surface area contributed by atoms with Gasteiger partial charge in [0.05, 0.1) is 19.3 Å². The molecular weight excluding hydrogens is 364 g/mol. The van der Waals surface area contributed by atoms with Gasteiger partial charge in [-0.25, -0.2) is 4.39 Å². The third-order valence-electron chi connectivity index (χ3n) is 3.74. The summed E-state index contributed by atoms with van der Waals surface area (Å²) in [5.74, 6) is -2.42. The van der Waals surface area contributed by atoms with Crippen molar-refractivity contribution in [2.75, 3.05) is 32.8 Å². The van der Waals surface area contributed by atoms with E-state index in [-0.39, 0.29) is 18.4 Å². The quantitative estimate of drug-likeness (QED) is 0.468. The van der Waals surface area contributed by atoms with Crippen molar-refractivity contribution >= 4 is 17.4 Å². The van der Waals surface area contributed by atoms with Gasteiger partial charge in [-0.15, -0.1) is 0 Å². The van der Waals surface area contributed by atoms with Crippen molar-refractivity contribution in [2.24, 2.45) is 0 Å². The maximum Gasteiger partial charge on any atom is 0.454 e. The highest BCUT2D eigenvalue weighted by molar-refractivity contribution is 6.30. The van der Waals surface area contributed by atoms with E-state index in [0.717, 1.165) is 5.56 Å². The van der Waals surface area contributed by atoms with E-state index in [1.165, 1.54) is 12.1 Å². The van der Waals surface area contributed by atoms with E-state index in [9.17, 15) is 22.4 Å². The fourth-order valence-corrected chi connectivity index (χ4v) is 2.65.